The van der Waals surface area contributed by atoms with Gasteiger partial charge in [-0.2, -0.15) is 0 Å². The molecule has 0 saturated carbocycles. The van der Waals surface area contributed by atoms with E-state index in [1.54, 1.807) is 30.3 Å². The summed E-state index contributed by atoms with van der Waals surface area (Å²) >= 11 is 3.37. The lowest BCUT2D eigenvalue weighted by molar-refractivity contribution is 0.0926. The van der Waals surface area contributed by atoms with Crippen LogP contribution < -0.4 is 10.6 Å². The molecule has 2 N–H and O–H groups in total. The van der Waals surface area contributed by atoms with Gasteiger partial charge in [-0.05, 0) is 42.8 Å². The van der Waals surface area contributed by atoms with E-state index in [1.807, 2.05) is 13.0 Å². The van der Waals surface area contributed by atoms with Gasteiger partial charge in [0.2, 0.25) is 0 Å². The number of hydrogen-bond acceptors (Lipinski definition) is 3. The van der Waals surface area contributed by atoms with Gasteiger partial charge in [0.1, 0.15) is 0 Å². The van der Waals surface area contributed by atoms with Crippen LogP contribution in [0.5, 0.6) is 0 Å². The molecule has 0 aromatic heterocycles. The number of benzene rings is 2. The molecule has 0 unspecified atom stereocenters. The van der Waals surface area contributed by atoms with Gasteiger partial charge < -0.3 is 5.73 Å². The Labute approximate surface area is 124 Å². The number of nitrogens with two attached hydrogens (primary N) is 1. The third kappa shape index (κ3) is 1.74. The molecule has 0 spiro atoms. The van der Waals surface area contributed by atoms with E-state index in [0.29, 0.717) is 22.5 Å². The number of fused-ring (bicyclic) bond motifs is 1. The smallest absolute Gasteiger partial charge is 0.268 e. The van der Waals surface area contributed by atoms with Crippen molar-refractivity contribution in [2.75, 3.05) is 10.6 Å². The van der Waals surface area contributed by atoms with Crippen LogP contribution in [0.1, 0.15) is 26.3 Å². The Balaban J connectivity index is 2.17. The number of carbonyl (C=O) groups excluding carboxylic acids is 2. The van der Waals surface area contributed by atoms with Gasteiger partial charge in [0.05, 0.1) is 16.8 Å². The maximum Gasteiger partial charge on any atom is 0.268 e. The highest BCUT2D eigenvalue weighted by Gasteiger charge is 2.38. The Morgan fingerprint density at radius 1 is 1.10 bits per heavy atom. The summed E-state index contributed by atoms with van der Waals surface area (Å²) in [4.78, 5) is 26.1. The predicted molar refractivity (Wildman–Crippen MR) is 80.9 cm³/mol. The number of nitrogens with zero attached hydrogens (tertiary/aromatic N) is 1. The Bertz CT molecular complexity index is 756. The molecule has 0 aliphatic carbocycles. The quantitative estimate of drug-likeness (QED) is 0.645. The molecule has 0 fully saturated rings. The van der Waals surface area contributed by atoms with E-state index < -0.39 is 0 Å². The molecule has 0 bridgehead atoms. The van der Waals surface area contributed by atoms with E-state index >= 15 is 0 Å². The van der Waals surface area contributed by atoms with Gasteiger partial charge in [-0.3, -0.25) is 9.59 Å². The topological polar surface area (TPSA) is 63.4 Å². The molecular formula is C15H11BrN2O2. The van der Waals surface area contributed by atoms with Crippen molar-refractivity contribution in [3.8, 4) is 0 Å². The number of carbonyl (C=O) groups is 2. The molecule has 0 atom stereocenters. The fraction of sp³-hybridized carbons (Fsp3) is 0.0667. The normalized spacial score (nSPS) is 13.8. The van der Waals surface area contributed by atoms with E-state index in [9.17, 15) is 9.59 Å². The van der Waals surface area contributed by atoms with E-state index in [1.165, 1.54) is 4.90 Å². The molecule has 2 amide bonds. The van der Waals surface area contributed by atoms with Crippen LogP contribution in [0.4, 0.5) is 11.4 Å². The summed E-state index contributed by atoms with van der Waals surface area (Å²) in [5.74, 6) is -0.698. The van der Waals surface area contributed by atoms with Crippen LogP contribution in [0.3, 0.4) is 0 Å². The highest BCUT2D eigenvalue weighted by atomic mass is 79.9. The molecule has 3 rings (SSSR count). The van der Waals surface area contributed by atoms with Crippen molar-refractivity contribution < 1.29 is 9.59 Å². The minimum atomic E-state index is -0.367. The maximum atomic E-state index is 12.5. The van der Waals surface area contributed by atoms with Gasteiger partial charge in [-0.25, -0.2) is 4.90 Å². The van der Waals surface area contributed by atoms with Crippen molar-refractivity contribution in [2.24, 2.45) is 0 Å². The van der Waals surface area contributed by atoms with Crippen LogP contribution in [0.15, 0.2) is 40.9 Å². The van der Waals surface area contributed by atoms with Crippen molar-refractivity contribution in [2.45, 2.75) is 6.92 Å². The number of halogens is 1. The highest BCUT2D eigenvalue weighted by molar-refractivity contribution is 9.10. The maximum absolute atomic E-state index is 12.5. The summed E-state index contributed by atoms with van der Waals surface area (Å²) in [7, 11) is 0. The van der Waals surface area contributed by atoms with Crippen LogP contribution in [-0.4, -0.2) is 11.8 Å². The van der Waals surface area contributed by atoms with Gasteiger partial charge in [-0.15, -0.1) is 0 Å². The number of rotatable bonds is 1. The van der Waals surface area contributed by atoms with Crippen molar-refractivity contribution in [3.63, 3.8) is 0 Å². The SMILES string of the molecule is Cc1cc(Br)ccc1N1C(=O)c2cccc(N)c2C1=O. The van der Waals surface area contributed by atoms with Gasteiger partial charge in [-0.1, -0.05) is 22.0 Å². The van der Waals surface area contributed by atoms with Crippen molar-refractivity contribution in [1.82, 2.24) is 0 Å². The lowest BCUT2D eigenvalue weighted by atomic mass is 10.1. The third-order valence-electron chi connectivity index (χ3n) is 3.35. The summed E-state index contributed by atoms with van der Waals surface area (Å²) in [6.07, 6.45) is 0. The van der Waals surface area contributed by atoms with E-state index in [2.05, 4.69) is 15.9 Å². The highest BCUT2D eigenvalue weighted by Crippen LogP contribution is 2.33. The van der Waals surface area contributed by atoms with E-state index in [4.69, 9.17) is 5.73 Å². The molecule has 1 aliphatic heterocycles. The van der Waals surface area contributed by atoms with Crippen LogP contribution in [0, 0.1) is 6.92 Å². The third-order valence-corrected chi connectivity index (χ3v) is 3.84. The lowest BCUT2D eigenvalue weighted by Crippen LogP contribution is -2.30. The van der Waals surface area contributed by atoms with Crippen LogP contribution in [0.2, 0.25) is 0 Å². The number of aryl methyl sites for hydroxylation is 1. The predicted octanol–water partition coefficient (Wildman–Crippen LogP) is 3.14. The fourth-order valence-corrected chi connectivity index (χ4v) is 2.88. The minimum Gasteiger partial charge on any atom is -0.398 e. The molecule has 1 heterocycles. The molecular weight excluding hydrogens is 320 g/mol. The zero-order valence-corrected chi connectivity index (χ0v) is 12.3. The second kappa shape index (κ2) is 4.45. The monoisotopic (exact) mass is 330 g/mol. The second-order valence-corrected chi connectivity index (χ2v) is 5.56. The first-order chi connectivity index (χ1) is 9.50. The van der Waals surface area contributed by atoms with Crippen molar-refractivity contribution in [3.05, 3.63) is 57.6 Å². The summed E-state index contributed by atoms with van der Waals surface area (Å²) in [6.45, 7) is 1.85. The Hall–Kier alpha value is -2.14. The number of amides is 2. The lowest BCUT2D eigenvalue weighted by Gasteiger charge is -2.16. The first-order valence-corrected chi connectivity index (χ1v) is 6.83. The second-order valence-electron chi connectivity index (χ2n) is 4.65. The average Bonchev–Trinajstić information content (AvgIpc) is 2.64. The van der Waals surface area contributed by atoms with Crippen LogP contribution in [0.25, 0.3) is 0 Å². The van der Waals surface area contributed by atoms with Crippen LogP contribution in [-0.2, 0) is 0 Å². The Morgan fingerprint density at radius 2 is 1.85 bits per heavy atom. The largest absolute Gasteiger partial charge is 0.398 e. The number of anilines is 2. The van der Waals surface area contributed by atoms with Gasteiger partial charge in [0.25, 0.3) is 11.8 Å². The average molecular weight is 331 g/mol. The summed E-state index contributed by atoms with van der Waals surface area (Å²) < 4.78 is 0.898. The molecule has 20 heavy (non-hydrogen) atoms. The number of imide groups is 1. The number of nitrogen functional groups attached to an aromatic ring is 1. The summed E-state index contributed by atoms with van der Waals surface area (Å²) in [5.41, 5.74) is 8.22. The van der Waals surface area contributed by atoms with Crippen molar-refractivity contribution >= 4 is 39.1 Å². The first-order valence-electron chi connectivity index (χ1n) is 6.04. The van der Waals surface area contributed by atoms with Gasteiger partial charge >= 0.3 is 0 Å². The first kappa shape index (κ1) is 12.9. The molecule has 5 heteroatoms. The molecule has 1 aliphatic rings. The van der Waals surface area contributed by atoms with E-state index in [-0.39, 0.29) is 11.8 Å². The fourth-order valence-electron chi connectivity index (χ4n) is 2.40. The molecule has 100 valence electrons. The molecule has 0 radical (unpaired) electrons. The standard InChI is InChI=1S/C15H11BrN2O2/c1-8-7-9(16)5-6-12(8)18-14(19)10-3-2-4-11(17)13(10)15(18)20/h2-7H,17H2,1H3. The Kier molecular flexibility index (Phi) is 2.87. The summed E-state index contributed by atoms with van der Waals surface area (Å²) in [5, 5.41) is 0. The summed E-state index contributed by atoms with van der Waals surface area (Å²) in [6, 6.07) is 10.3. The van der Waals surface area contributed by atoms with Crippen LogP contribution >= 0.6 is 15.9 Å². The van der Waals surface area contributed by atoms with Gasteiger partial charge in [0, 0.05) is 10.2 Å². The molecule has 2 aromatic rings. The molecule has 2 aromatic carbocycles. The number of hydrogen-bond donors (Lipinski definition) is 1. The zero-order valence-electron chi connectivity index (χ0n) is 10.7. The molecule has 0 saturated heterocycles. The molecule has 4 nitrogen and oxygen atoms in total. The van der Waals surface area contributed by atoms with Gasteiger partial charge in [0.15, 0.2) is 0 Å². The van der Waals surface area contributed by atoms with E-state index in [0.717, 1.165) is 10.0 Å². The Morgan fingerprint density at radius 3 is 2.50 bits per heavy atom. The zero-order chi connectivity index (χ0) is 14.4. The minimum absolute atomic E-state index is 0.291. The van der Waals surface area contributed by atoms with Crippen molar-refractivity contribution in [1.29, 1.82) is 0 Å².